The maximum Gasteiger partial charge on any atom is 0.244 e. The number of sulfone groups is 1. The predicted molar refractivity (Wildman–Crippen MR) is 73.2 cm³/mol. The van der Waals surface area contributed by atoms with Crippen molar-refractivity contribution < 1.29 is 21.2 Å². The lowest BCUT2D eigenvalue weighted by atomic mass is 10.3. The van der Waals surface area contributed by atoms with Crippen LogP contribution in [0, 0.1) is 5.82 Å². The number of hydrogen-bond donors (Lipinski definition) is 1. The normalized spacial score (nSPS) is 19.9. The molecule has 0 aliphatic carbocycles. The third kappa shape index (κ3) is 2.90. The summed E-state index contributed by atoms with van der Waals surface area (Å²) in [5.74, 6) is -1.31. The molecule has 1 aliphatic rings. The van der Waals surface area contributed by atoms with Gasteiger partial charge in [0.25, 0.3) is 0 Å². The molecule has 0 atom stereocenters. The number of halogens is 2. The van der Waals surface area contributed by atoms with Gasteiger partial charge in [0.2, 0.25) is 10.0 Å². The highest BCUT2D eigenvalue weighted by Crippen LogP contribution is 2.29. The first-order valence-corrected chi connectivity index (χ1v) is 9.22. The summed E-state index contributed by atoms with van der Waals surface area (Å²) in [4.78, 5) is -0.322. The number of benzene rings is 1. The van der Waals surface area contributed by atoms with Crippen molar-refractivity contribution in [1.29, 1.82) is 0 Å². The van der Waals surface area contributed by atoms with E-state index in [0.29, 0.717) is 0 Å². The molecule has 0 radical (unpaired) electrons. The summed E-state index contributed by atoms with van der Waals surface area (Å²) < 4.78 is 61.5. The van der Waals surface area contributed by atoms with E-state index in [1.54, 1.807) is 0 Å². The van der Waals surface area contributed by atoms with E-state index in [0.717, 1.165) is 16.4 Å². The third-order valence-electron chi connectivity index (χ3n) is 2.97. The molecule has 112 valence electrons. The Morgan fingerprint density at radius 3 is 2.35 bits per heavy atom. The Bertz CT molecular complexity index is 735. The minimum absolute atomic E-state index is 0.154. The lowest BCUT2D eigenvalue weighted by Gasteiger charge is -2.26. The molecule has 0 spiro atoms. The molecule has 20 heavy (non-hydrogen) atoms. The Labute approximate surface area is 121 Å². The van der Waals surface area contributed by atoms with E-state index < -0.39 is 25.7 Å². The maximum atomic E-state index is 13.2. The molecule has 1 aromatic carbocycles. The number of anilines is 1. The molecule has 1 aromatic rings. The van der Waals surface area contributed by atoms with Gasteiger partial charge >= 0.3 is 0 Å². The number of nitrogen functional groups attached to an aromatic ring is 1. The quantitative estimate of drug-likeness (QED) is 0.788. The Kier molecular flexibility index (Phi) is 3.98. The van der Waals surface area contributed by atoms with Crippen LogP contribution in [-0.4, -0.2) is 45.7 Å². The monoisotopic (exact) mass is 342 g/mol. The molecule has 1 heterocycles. The van der Waals surface area contributed by atoms with Crippen LogP contribution in [0.25, 0.3) is 0 Å². The number of hydrogen-bond acceptors (Lipinski definition) is 5. The first-order chi connectivity index (χ1) is 9.13. The van der Waals surface area contributed by atoms with Gasteiger partial charge in [0.05, 0.1) is 22.2 Å². The van der Waals surface area contributed by atoms with Gasteiger partial charge in [-0.3, -0.25) is 0 Å². The first kappa shape index (κ1) is 15.5. The average Bonchev–Trinajstić information content (AvgIpc) is 2.33. The van der Waals surface area contributed by atoms with Crippen molar-refractivity contribution in [2.75, 3.05) is 30.3 Å². The van der Waals surface area contributed by atoms with Crippen molar-refractivity contribution in [3.63, 3.8) is 0 Å². The minimum Gasteiger partial charge on any atom is -0.396 e. The molecule has 2 rings (SSSR count). The van der Waals surface area contributed by atoms with Gasteiger partial charge in [0.15, 0.2) is 9.84 Å². The molecule has 0 saturated carbocycles. The largest absolute Gasteiger partial charge is 0.396 e. The van der Waals surface area contributed by atoms with Crippen LogP contribution >= 0.6 is 11.6 Å². The van der Waals surface area contributed by atoms with E-state index in [1.807, 2.05) is 0 Å². The second-order valence-electron chi connectivity index (χ2n) is 4.36. The van der Waals surface area contributed by atoms with Crippen molar-refractivity contribution in [3.8, 4) is 0 Å². The van der Waals surface area contributed by atoms with Crippen LogP contribution in [0.2, 0.25) is 5.02 Å². The molecule has 0 bridgehead atoms. The standard InChI is InChI=1S/C10H12ClFN2O4S2/c11-7-5-8(12)9(13)6-10(7)20(17,18)14-1-3-19(15,16)4-2-14/h5-6H,1-4,13H2. The highest BCUT2D eigenvalue weighted by molar-refractivity contribution is 7.92. The van der Waals surface area contributed by atoms with Crippen LogP contribution in [-0.2, 0) is 19.9 Å². The second-order valence-corrected chi connectivity index (χ2v) is 8.98. The predicted octanol–water partition coefficient (Wildman–Crippen LogP) is 0.480. The van der Waals surface area contributed by atoms with E-state index >= 15 is 0 Å². The van der Waals surface area contributed by atoms with Gasteiger partial charge in [-0.25, -0.2) is 21.2 Å². The fourth-order valence-electron chi connectivity index (χ4n) is 1.82. The highest BCUT2D eigenvalue weighted by atomic mass is 35.5. The number of nitrogens with two attached hydrogens (primary N) is 1. The summed E-state index contributed by atoms with van der Waals surface area (Å²) in [6.07, 6.45) is 0. The number of sulfonamides is 1. The lowest BCUT2D eigenvalue weighted by Crippen LogP contribution is -2.43. The molecule has 1 fully saturated rings. The number of nitrogens with zero attached hydrogens (tertiary/aromatic N) is 1. The molecule has 10 heteroatoms. The molecular weight excluding hydrogens is 331 g/mol. The fourth-order valence-corrected chi connectivity index (χ4v) is 5.22. The van der Waals surface area contributed by atoms with Crippen LogP contribution in [0.3, 0.4) is 0 Å². The molecule has 0 amide bonds. The molecule has 6 nitrogen and oxygen atoms in total. The van der Waals surface area contributed by atoms with E-state index in [1.165, 1.54) is 0 Å². The van der Waals surface area contributed by atoms with Gasteiger partial charge in [-0.05, 0) is 12.1 Å². The van der Waals surface area contributed by atoms with Gasteiger partial charge in [-0.1, -0.05) is 11.6 Å². The molecule has 1 aliphatic heterocycles. The van der Waals surface area contributed by atoms with E-state index in [-0.39, 0.29) is 40.2 Å². The Morgan fingerprint density at radius 2 is 1.80 bits per heavy atom. The summed E-state index contributed by atoms with van der Waals surface area (Å²) in [6, 6.07) is 1.76. The van der Waals surface area contributed by atoms with Gasteiger partial charge in [0, 0.05) is 13.1 Å². The van der Waals surface area contributed by atoms with Gasteiger partial charge < -0.3 is 5.73 Å². The average molecular weight is 343 g/mol. The Balaban J connectivity index is 2.39. The SMILES string of the molecule is Nc1cc(S(=O)(=O)N2CCS(=O)(=O)CC2)c(Cl)cc1F. The van der Waals surface area contributed by atoms with Crippen molar-refractivity contribution in [1.82, 2.24) is 4.31 Å². The smallest absolute Gasteiger partial charge is 0.244 e. The summed E-state index contributed by atoms with van der Waals surface area (Å²) >= 11 is 5.74. The summed E-state index contributed by atoms with van der Waals surface area (Å²) in [6.45, 7) is -0.309. The van der Waals surface area contributed by atoms with Gasteiger partial charge in [0.1, 0.15) is 10.7 Å². The molecule has 0 aromatic heterocycles. The summed E-state index contributed by atoms with van der Waals surface area (Å²) in [5.41, 5.74) is 5.01. The van der Waals surface area contributed by atoms with Crippen LogP contribution in [0.4, 0.5) is 10.1 Å². The van der Waals surface area contributed by atoms with Crippen molar-refractivity contribution in [3.05, 3.63) is 23.0 Å². The van der Waals surface area contributed by atoms with E-state index in [2.05, 4.69) is 0 Å². The minimum atomic E-state index is -3.99. The van der Waals surface area contributed by atoms with Crippen molar-refractivity contribution >= 4 is 37.1 Å². The molecule has 1 saturated heterocycles. The van der Waals surface area contributed by atoms with Crippen molar-refractivity contribution in [2.45, 2.75) is 4.90 Å². The zero-order chi connectivity index (χ0) is 15.1. The third-order valence-corrected chi connectivity index (χ3v) is 6.94. The Morgan fingerprint density at radius 1 is 1.25 bits per heavy atom. The maximum absolute atomic E-state index is 13.2. The number of rotatable bonds is 2. The molecule has 0 unspecified atom stereocenters. The van der Waals surface area contributed by atoms with E-state index in [9.17, 15) is 21.2 Å². The molecule has 2 N–H and O–H groups in total. The van der Waals surface area contributed by atoms with Crippen LogP contribution < -0.4 is 5.73 Å². The first-order valence-electron chi connectivity index (χ1n) is 5.58. The fraction of sp³-hybridized carbons (Fsp3) is 0.400. The molecular formula is C10H12ClFN2O4S2. The highest BCUT2D eigenvalue weighted by Gasteiger charge is 2.32. The summed E-state index contributed by atoms with van der Waals surface area (Å²) in [5, 5.41) is -0.287. The Hall–Kier alpha value is -0.900. The van der Waals surface area contributed by atoms with Crippen LogP contribution in [0.15, 0.2) is 17.0 Å². The zero-order valence-corrected chi connectivity index (χ0v) is 12.6. The second kappa shape index (κ2) is 5.14. The zero-order valence-electron chi connectivity index (χ0n) is 10.2. The van der Waals surface area contributed by atoms with Crippen molar-refractivity contribution in [2.24, 2.45) is 0 Å². The van der Waals surface area contributed by atoms with Gasteiger partial charge in [-0.2, -0.15) is 4.31 Å². The topological polar surface area (TPSA) is 97.5 Å². The van der Waals surface area contributed by atoms with E-state index in [4.69, 9.17) is 17.3 Å². The lowest BCUT2D eigenvalue weighted by molar-refractivity contribution is 0.430. The van der Waals surface area contributed by atoms with Gasteiger partial charge in [-0.15, -0.1) is 0 Å². The van der Waals surface area contributed by atoms with Crippen LogP contribution in [0.5, 0.6) is 0 Å². The van der Waals surface area contributed by atoms with Crippen LogP contribution in [0.1, 0.15) is 0 Å². The summed E-state index contributed by atoms with van der Waals surface area (Å²) in [7, 11) is -7.20.